The third kappa shape index (κ3) is 6.02. The van der Waals surface area contributed by atoms with Crippen molar-refractivity contribution in [2.24, 2.45) is 0 Å². The maximum atomic E-state index is 12.5. The number of sulfonamides is 1. The van der Waals surface area contributed by atoms with Gasteiger partial charge in [0.05, 0.1) is 17.7 Å². The van der Waals surface area contributed by atoms with E-state index in [-0.39, 0.29) is 16.1 Å². The molecule has 0 saturated heterocycles. The molecule has 0 aliphatic heterocycles. The van der Waals surface area contributed by atoms with Crippen LogP contribution in [-0.4, -0.2) is 27.9 Å². The lowest BCUT2D eigenvalue weighted by atomic mass is 10.1. The third-order valence-electron chi connectivity index (χ3n) is 3.43. The molecule has 1 N–H and O–H groups in total. The number of carbonyl (C=O) groups excluding carboxylic acids is 1. The molecule has 0 unspecified atom stereocenters. The number of carbonyl (C=O) groups is 1. The first kappa shape index (κ1) is 21.3. The average molecular weight is 415 g/mol. The second kappa shape index (κ2) is 8.34. The highest BCUT2D eigenvalue weighted by Gasteiger charge is 2.31. The number of rotatable bonds is 6. The number of alkyl halides is 3. The van der Waals surface area contributed by atoms with Gasteiger partial charge >= 0.3 is 12.3 Å². The summed E-state index contributed by atoms with van der Waals surface area (Å²) in [4.78, 5) is 11.3. The molecule has 0 aliphatic carbocycles. The summed E-state index contributed by atoms with van der Waals surface area (Å²) in [6.45, 7) is 1.79. The number of halogens is 3. The van der Waals surface area contributed by atoms with Crippen LogP contribution in [0.1, 0.15) is 11.1 Å². The van der Waals surface area contributed by atoms with Crippen LogP contribution in [-0.2, 0) is 19.6 Å². The van der Waals surface area contributed by atoms with Crippen LogP contribution in [0.2, 0.25) is 0 Å². The molecule has 0 fully saturated rings. The van der Waals surface area contributed by atoms with Crippen molar-refractivity contribution in [3.63, 3.8) is 0 Å². The zero-order valence-electron chi connectivity index (χ0n) is 14.8. The lowest BCUT2D eigenvalue weighted by molar-refractivity contribution is -0.274. The fourth-order valence-electron chi connectivity index (χ4n) is 2.12. The van der Waals surface area contributed by atoms with Gasteiger partial charge in [-0.2, -0.15) is 0 Å². The molecule has 2 aromatic rings. The van der Waals surface area contributed by atoms with Crippen molar-refractivity contribution in [3.8, 4) is 5.75 Å². The van der Waals surface area contributed by atoms with Crippen LogP contribution in [0.25, 0.3) is 6.08 Å². The smallest absolute Gasteiger partial charge is 0.466 e. The molecule has 0 amide bonds. The topological polar surface area (TPSA) is 81.7 Å². The van der Waals surface area contributed by atoms with Gasteiger partial charge in [-0.1, -0.05) is 17.7 Å². The summed E-state index contributed by atoms with van der Waals surface area (Å²) in [5, 5.41) is 0. The summed E-state index contributed by atoms with van der Waals surface area (Å²) < 4.78 is 72.9. The van der Waals surface area contributed by atoms with Crippen LogP contribution < -0.4 is 9.46 Å². The van der Waals surface area contributed by atoms with Crippen molar-refractivity contribution >= 4 is 27.8 Å². The van der Waals surface area contributed by atoms with Gasteiger partial charge in [-0.15, -0.1) is 13.2 Å². The predicted molar refractivity (Wildman–Crippen MR) is 96.2 cm³/mol. The highest BCUT2D eigenvalue weighted by Crippen LogP contribution is 2.29. The van der Waals surface area contributed by atoms with Gasteiger partial charge in [0, 0.05) is 11.6 Å². The van der Waals surface area contributed by atoms with Gasteiger partial charge in [0.15, 0.2) is 0 Å². The Labute approximate surface area is 159 Å². The lowest BCUT2D eigenvalue weighted by Crippen LogP contribution is -2.17. The Morgan fingerprint density at radius 3 is 2.32 bits per heavy atom. The van der Waals surface area contributed by atoms with Crippen molar-refractivity contribution in [2.45, 2.75) is 18.2 Å². The normalized spacial score (nSPS) is 12.0. The van der Waals surface area contributed by atoms with Gasteiger partial charge in [-0.3, -0.25) is 4.72 Å². The van der Waals surface area contributed by atoms with Crippen molar-refractivity contribution < 1.29 is 35.9 Å². The molecule has 0 spiro atoms. The fraction of sp³-hybridized carbons (Fsp3) is 0.167. The van der Waals surface area contributed by atoms with Crippen LogP contribution in [0, 0.1) is 6.92 Å². The summed E-state index contributed by atoms with van der Waals surface area (Å²) in [7, 11) is -2.89. The Morgan fingerprint density at radius 2 is 1.75 bits per heavy atom. The highest BCUT2D eigenvalue weighted by molar-refractivity contribution is 7.92. The summed E-state index contributed by atoms with van der Waals surface area (Å²) in [5.41, 5.74) is 0.785. The molecular weight excluding hydrogens is 399 g/mol. The molecule has 0 saturated carbocycles. The van der Waals surface area contributed by atoms with Gasteiger partial charge in [-0.25, -0.2) is 13.2 Å². The number of ether oxygens (including phenoxy) is 2. The fourth-order valence-corrected chi connectivity index (χ4v) is 3.20. The number of benzene rings is 2. The first-order valence-corrected chi connectivity index (χ1v) is 9.24. The molecule has 2 rings (SSSR count). The Kier molecular flexibility index (Phi) is 6.34. The number of anilines is 1. The van der Waals surface area contributed by atoms with Gasteiger partial charge < -0.3 is 9.47 Å². The molecular formula is C18H16F3NO5S. The van der Waals surface area contributed by atoms with E-state index >= 15 is 0 Å². The van der Waals surface area contributed by atoms with E-state index in [2.05, 4.69) is 14.2 Å². The summed E-state index contributed by atoms with van der Waals surface area (Å²) in [5.74, 6) is -1.34. The number of esters is 1. The van der Waals surface area contributed by atoms with Crippen molar-refractivity contribution in [1.29, 1.82) is 0 Å². The quantitative estimate of drug-likeness (QED) is 0.572. The molecule has 2 aromatic carbocycles. The van der Waals surface area contributed by atoms with Crippen molar-refractivity contribution in [2.75, 3.05) is 11.8 Å². The second-order valence-electron chi connectivity index (χ2n) is 5.57. The zero-order valence-corrected chi connectivity index (χ0v) is 15.6. The molecule has 28 heavy (non-hydrogen) atoms. The van der Waals surface area contributed by atoms with E-state index < -0.39 is 28.1 Å². The number of nitrogens with one attached hydrogen (secondary N) is 1. The van der Waals surface area contributed by atoms with E-state index in [4.69, 9.17) is 0 Å². The SMILES string of the molecule is COC(=O)/C=C/c1cc(OC(F)(F)F)ccc1NS(=O)(=O)c1ccc(C)cc1. The summed E-state index contributed by atoms with van der Waals surface area (Å²) >= 11 is 0. The van der Waals surface area contributed by atoms with E-state index in [1.54, 1.807) is 19.1 Å². The number of methoxy groups -OCH3 is 1. The van der Waals surface area contributed by atoms with E-state index in [0.29, 0.717) is 0 Å². The number of aryl methyl sites for hydroxylation is 1. The summed E-state index contributed by atoms with van der Waals surface area (Å²) in [6.07, 6.45) is -2.87. The van der Waals surface area contributed by atoms with Crippen LogP contribution in [0.15, 0.2) is 53.4 Å². The Morgan fingerprint density at radius 1 is 1.11 bits per heavy atom. The Hall–Kier alpha value is -3.01. The molecule has 6 nitrogen and oxygen atoms in total. The predicted octanol–water partition coefficient (Wildman–Crippen LogP) is 3.88. The van der Waals surface area contributed by atoms with Crippen molar-refractivity contribution in [1.82, 2.24) is 0 Å². The van der Waals surface area contributed by atoms with E-state index in [0.717, 1.165) is 43.0 Å². The monoisotopic (exact) mass is 415 g/mol. The first-order chi connectivity index (χ1) is 13.0. The molecule has 0 bridgehead atoms. The molecule has 150 valence electrons. The minimum atomic E-state index is -4.92. The molecule has 10 heteroatoms. The third-order valence-corrected chi connectivity index (χ3v) is 4.81. The minimum absolute atomic E-state index is 0.0252. The molecule has 0 atom stereocenters. The Bertz CT molecular complexity index is 983. The highest BCUT2D eigenvalue weighted by atomic mass is 32.2. The second-order valence-corrected chi connectivity index (χ2v) is 7.25. The largest absolute Gasteiger partial charge is 0.573 e. The first-order valence-electron chi connectivity index (χ1n) is 7.75. The maximum absolute atomic E-state index is 12.5. The average Bonchev–Trinajstić information content (AvgIpc) is 2.60. The molecule has 0 heterocycles. The number of hydrogen-bond donors (Lipinski definition) is 1. The lowest BCUT2D eigenvalue weighted by Gasteiger charge is -2.14. The van der Waals surface area contributed by atoms with Gasteiger partial charge in [0.1, 0.15) is 5.75 Å². The van der Waals surface area contributed by atoms with Crippen LogP contribution >= 0.6 is 0 Å². The summed E-state index contributed by atoms with van der Waals surface area (Å²) in [6, 6.07) is 8.99. The zero-order chi connectivity index (χ0) is 20.9. The van der Waals surface area contributed by atoms with Crippen LogP contribution in [0.4, 0.5) is 18.9 Å². The van der Waals surface area contributed by atoms with Gasteiger partial charge in [0.2, 0.25) is 0 Å². The molecule has 0 radical (unpaired) electrons. The van der Waals surface area contributed by atoms with E-state index in [9.17, 15) is 26.4 Å². The van der Waals surface area contributed by atoms with Crippen LogP contribution in [0.3, 0.4) is 0 Å². The van der Waals surface area contributed by atoms with Gasteiger partial charge in [0.25, 0.3) is 10.0 Å². The van der Waals surface area contributed by atoms with Crippen LogP contribution in [0.5, 0.6) is 5.75 Å². The Balaban J connectivity index is 2.42. The minimum Gasteiger partial charge on any atom is -0.466 e. The molecule has 0 aliphatic rings. The van der Waals surface area contributed by atoms with E-state index in [1.165, 1.54) is 12.1 Å². The number of hydrogen-bond acceptors (Lipinski definition) is 5. The maximum Gasteiger partial charge on any atom is 0.573 e. The standard InChI is InChI=1S/C18H16F3NO5S/c1-12-3-7-15(8-4-12)28(24,25)22-16-9-6-14(27-18(19,20)21)11-13(16)5-10-17(23)26-2/h3-11,22H,1-2H3/b10-5+. The van der Waals surface area contributed by atoms with Gasteiger partial charge in [-0.05, 0) is 43.3 Å². The molecule has 0 aromatic heterocycles. The van der Waals surface area contributed by atoms with E-state index in [1.807, 2.05) is 0 Å². The van der Waals surface area contributed by atoms with Crippen molar-refractivity contribution in [3.05, 3.63) is 59.7 Å².